The van der Waals surface area contributed by atoms with Gasteiger partial charge in [0.15, 0.2) is 0 Å². The van der Waals surface area contributed by atoms with Gasteiger partial charge >= 0.3 is 0 Å². The van der Waals surface area contributed by atoms with E-state index in [9.17, 15) is 5.11 Å². The summed E-state index contributed by atoms with van der Waals surface area (Å²) >= 11 is 6.93. The van der Waals surface area contributed by atoms with Gasteiger partial charge in [0.05, 0.1) is 6.61 Å². The van der Waals surface area contributed by atoms with E-state index in [1.165, 1.54) is 5.56 Å². The predicted molar refractivity (Wildman–Crippen MR) is 81.5 cm³/mol. The minimum Gasteiger partial charge on any atom is -0.392 e. The van der Waals surface area contributed by atoms with Crippen molar-refractivity contribution >= 4 is 37.5 Å². The standard InChI is InChI=1S/C14H13Br2NO/c15-12-6-5-10(7-13(12)16)8-17-14-4-2-1-3-11(14)9-18/h1-7,17-18H,8-9H2. The maximum Gasteiger partial charge on any atom is 0.0701 e. The van der Waals surface area contributed by atoms with Gasteiger partial charge in [-0.3, -0.25) is 0 Å². The maximum atomic E-state index is 9.24. The van der Waals surface area contributed by atoms with E-state index >= 15 is 0 Å². The molecule has 2 aromatic carbocycles. The van der Waals surface area contributed by atoms with Crippen molar-refractivity contribution in [2.24, 2.45) is 0 Å². The molecule has 0 aliphatic carbocycles. The zero-order chi connectivity index (χ0) is 13.0. The fourth-order valence-corrected chi connectivity index (χ4v) is 2.35. The maximum absolute atomic E-state index is 9.24. The van der Waals surface area contributed by atoms with E-state index in [0.717, 1.165) is 26.7 Å². The molecular formula is C14H13Br2NO. The van der Waals surface area contributed by atoms with Crippen molar-refractivity contribution in [3.05, 3.63) is 62.5 Å². The van der Waals surface area contributed by atoms with Gasteiger partial charge in [-0.15, -0.1) is 0 Å². The molecule has 0 heterocycles. The number of benzene rings is 2. The molecule has 18 heavy (non-hydrogen) atoms. The van der Waals surface area contributed by atoms with Crippen LogP contribution < -0.4 is 5.32 Å². The molecule has 0 aliphatic heterocycles. The van der Waals surface area contributed by atoms with Gasteiger partial charge < -0.3 is 10.4 Å². The van der Waals surface area contributed by atoms with E-state index in [-0.39, 0.29) is 6.61 Å². The topological polar surface area (TPSA) is 32.3 Å². The molecule has 0 radical (unpaired) electrons. The Labute approximate surface area is 123 Å². The molecule has 94 valence electrons. The van der Waals surface area contributed by atoms with Crippen LogP contribution in [0, 0.1) is 0 Å². The summed E-state index contributed by atoms with van der Waals surface area (Å²) in [6.07, 6.45) is 0. The highest BCUT2D eigenvalue weighted by atomic mass is 79.9. The summed E-state index contributed by atoms with van der Waals surface area (Å²) in [6.45, 7) is 0.774. The van der Waals surface area contributed by atoms with Crippen LogP contribution in [0.25, 0.3) is 0 Å². The molecule has 0 bridgehead atoms. The molecule has 0 spiro atoms. The lowest BCUT2D eigenvalue weighted by Gasteiger charge is -2.11. The SMILES string of the molecule is OCc1ccccc1NCc1ccc(Br)c(Br)c1. The third-order valence-electron chi connectivity index (χ3n) is 2.65. The summed E-state index contributed by atoms with van der Waals surface area (Å²) in [6, 6.07) is 13.9. The van der Waals surface area contributed by atoms with Crippen LogP contribution in [0.4, 0.5) is 5.69 Å². The van der Waals surface area contributed by atoms with E-state index in [1.54, 1.807) is 0 Å². The first kappa shape index (κ1) is 13.6. The van der Waals surface area contributed by atoms with Crippen molar-refractivity contribution in [2.45, 2.75) is 13.2 Å². The van der Waals surface area contributed by atoms with Crippen LogP contribution in [0.15, 0.2) is 51.4 Å². The van der Waals surface area contributed by atoms with E-state index in [1.807, 2.05) is 30.3 Å². The lowest BCUT2D eigenvalue weighted by molar-refractivity contribution is 0.282. The molecule has 0 saturated carbocycles. The molecule has 2 aromatic rings. The van der Waals surface area contributed by atoms with Crippen molar-refractivity contribution in [3.63, 3.8) is 0 Å². The summed E-state index contributed by atoms with van der Waals surface area (Å²) in [4.78, 5) is 0. The van der Waals surface area contributed by atoms with E-state index in [4.69, 9.17) is 0 Å². The third kappa shape index (κ3) is 3.34. The number of nitrogens with one attached hydrogen (secondary N) is 1. The van der Waals surface area contributed by atoms with Crippen LogP contribution in [-0.2, 0) is 13.2 Å². The fourth-order valence-electron chi connectivity index (χ4n) is 1.68. The van der Waals surface area contributed by atoms with Gasteiger partial charge in [-0.25, -0.2) is 0 Å². The molecule has 2 rings (SSSR count). The van der Waals surface area contributed by atoms with Gasteiger partial charge in [0.25, 0.3) is 0 Å². The van der Waals surface area contributed by atoms with Gasteiger partial charge in [-0.1, -0.05) is 24.3 Å². The summed E-state index contributed by atoms with van der Waals surface area (Å²) in [7, 11) is 0. The van der Waals surface area contributed by atoms with Crippen LogP contribution in [0.1, 0.15) is 11.1 Å². The Morgan fingerprint density at radius 1 is 1.00 bits per heavy atom. The average molecular weight is 371 g/mol. The lowest BCUT2D eigenvalue weighted by atomic mass is 10.1. The number of rotatable bonds is 4. The molecule has 0 amide bonds. The van der Waals surface area contributed by atoms with E-state index in [2.05, 4.69) is 49.3 Å². The van der Waals surface area contributed by atoms with E-state index in [0.29, 0.717) is 0 Å². The molecule has 0 aliphatic rings. The first-order chi connectivity index (χ1) is 8.70. The minimum absolute atomic E-state index is 0.0488. The zero-order valence-electron chi connectivity index (χ0n) is 9.66. The van der Waals surface area contributed by atoms with E-state index < -0.39 is 0 Å². The summed E-state index contributed by atoms with van der Waals surface area (Å²) in [5.41, 5.74) is 3.06. The molecular weight excluding hydrogens is 358 g/mol. The van der Waals surface area contributed by atoms with Crippen LogP contribution in [0.5, 0.6) is 0 Å². The Morgan fingerprint density at radius 3 is 2.50 bits per heavy atom. The van der Waals surface area contributed by atoms with Crippen molar-refractivity contribution in [1.82, 2.24) is 0 Å². The quantitative estimate of drug-likeness (QED) is 0.840. The van der Waals surface area contributed by atoms with Crippen LogP contribution in [0.3, 0.4) is 0 Å². The minimum atomic E-state index is 0.0488. The number of halogens is 2. The van der Waals surface area contributed by atoms with Gasteiger partial charge in [0, 0.05) is 26.7 Å². The third-order valence-corrected chi connectivity index (χ3v) is 4.53. The van der Waals surface area contributed by atoms with Crippen molar-refractivity contribution < 1.29 is 5.11 Å². The summed E-state index contributed by atoms with van der Waals surface area (Å²) in [5.74, 6) is 0. The Balaban J connectivity index is 2.09. The molecule has 0 fully saturated rings. The van der Waals surface area contributed by atoms with Crippen LogP contribution in [0.2, 0.25) is 0 Å². The second-order valence-corrected chi connectivity index (χ2v) is 5.63. The first-order valence-corrected chi connectivity index (χ1v) is 7.16. The highest BCUT2D eigenvalue weighted by Gasteiger charge is 2.02. The Bertz CT molecular complexity index is 543. The molecule has 0 saturated heterocycles. The van der Waals surface area contributed by atoms with Crippen molar-refractivity contribution in [2.75, 3.05) is 5.32 Å². The summed E-state index contributed by atoms with van der Waals surface area (Å²) in [5, 5.41) is 12.6. The Kier molecular flexibility index (Phi) is 4.80. The fraction of sp³-hybridized carbons (Fsp3) is 0.143. The van der Waals surface area contributed by atoms with Crippen LogP contribution >= 0.6 is 31.9 Å². The second-order valence-electron chi connectivity index (χ2n) is 3.92. The summed E-state index contributed by atoms with van der Waals surface area (Å²) < 4.78 is 2.08. The number of aliphatic hydroxyl groups excluding tert-OH is 1. The molecule has 2 N–H and O–H groups in total. The molecule has 2 nitrogen and oxygen atoms in total. The van der Waals surface area contributed by atoms with Gasteiger partial charge in [-0.05, 0) is 55.6 Å². The Morgan fingerprint density at radius 2 is 1.78 bits per heavy atom. The number of aliphatic hydroxyl groups is 1. The van der Waals surface area contributed by atoms with Crippen molar-refractivity contribution in [1.29, 1.82) is 0 Å². The zero-order valence-corrected chi connectivity index (χ0v) is 12.8. The molecule has 4 heteroatoms. The monoisotopic (exact) mass is 369 g/mol. The normalized spacial score (nSPS) is 10.4. The lowest BCUT2D eigenvalue weighted by Crippen LogP contribution is -2.02. The smallest absolute Gasteiger partial charge is 0.0701 e. The van der Waals surface area contributed by atoms with Gasteiger partial charge in [-0.2, -0.15) is 0 Å². The van der Waals surface area contributed by atoms with Gasteiger partial charge in [0.2, 0.25) is 0 Å². The largest absolute Gasteiger partial charge is 0.392 e. The molecule has 0 unspecified atom stereocenters. The second kappa shape index (κ2) is 6.36. The van der Waals surface area contributed by atoms with Crippen LogP contribution in [-0.4, -0.2) is 5.11 Å². The Hall–Kier alpha value is -0.840. The van der Waals surface area contributed by atoms with Gasteiger partial charge in [0.1, 0.15) is 0 Å². The van der Waals surface area contributed by atoms with Crippen molar-refractivity contribution in [3.8, 4) is 0 Å². The highest BCUT2D eigenvalue weighted by molar-refractivity contribution is 9.13. The number of hydrogen-bond acceptors (Lipinski definition) is 2. The predicted octanol–water partition coefficient (Wildman–Crippen LogP) is 4.32. The molecule has 0 atom stereocenters. The first-order valence-electron chi connectivity index (χ1n) is 5.57. The number of para-hydroxylation sites is 1. The number of anilines is 1. The highest BCUT2D eigenvalue weighted by Crippen LogP contribution is 2.24. The number of hydrogen-bond donors (Lipinski definition) is 2. The average Bonchev–Trinajstić information content (AvgIpc) is 2.40. The molecule has 0 aromatic heterocycles.